The van der Waals surface area contributed by atoms with Crippen LogP contribution in [0.3, 0.4) is 0 Å². The van der Waals surface area contributed by atoms with Crippen LogP contribution in [0.25, 0.3) is 0 Å². The SMILES string of the molecule is C/C(N)=C1/C(N)=NC2=C(C(=O)CC(C)(C)C2)C1c1ccccc1.CC. The molecule has 0 aromatic heterocycles. The minimum absolute atomic E-state index is 0.0834. The maximum atomic E-state index is 12.9. The summed E-state index contributed by atoms with van der Waals surface area (Å²) < 4.78 is 0. The van der Waals surface area contributed by atoms with Crippen molar-refractivity contribution in [2.75, 3.05) is 0 Å². The van der Waals surface area contributed by atoms with Crippen molar-refractivity contribution in [3.05, 3.63) is 58.4 Å². The van der Waals surface area contributed by atoms with Crippen molar-refractivity contribution >= 4 is 11.6 Å². The molecule has 4 heteroatoms. The number of ketones is 1. The average Bonchev–Trinajstić information content (AvgIpc) is 2.54. The summed E-state index contributed by atoms with van der Waals surface area (Å²) in [4.78, 5) is 17.4. The minimum Gasteiger partial charge on any atom is -0.402 e. The molecule has 0 fully saturated rings. The Hall–Kier alpha value is -2.36. The topological polar surface area (TPSA) is 81.5 Å². The van der Waals surface area contributed by atoms with Crippen molar-refractivity contribution < 1.29 is 4.79 Å². The molecule has 0 spiro atoms. The summed E-state index contributed by atoms with van der Waals surface area (Å²) in [5, 5.41) is 0. The molecule has 1 unspecified atom stereocenters. The van der Waals surface area contributed by atoms with Crippen LogP contribution in [0.15, 0.2) is 57.9 Å². The number of hydrogen-bond donors (Lipinski definition) is 2. The van der Waals surface area contributed by atoms with Crippen LogP contribution in [-0.2, 0) is 4.79 Å². The zero-order chi connectivity index (χ0) is 18.8. The lowest BCUT2D eigenvalue weighted by molar-refractivity contribution is -0.118. The Morgan fingerprint density at radius 2 is 1.76 bits per heavy atom. The second kappa shape index (κ2) is 7.26. The largest absolute Gasteiger partial charge is 0.402 e. The number of benzene rings is 1. The van der Waals surface area contributed by atoms with Crippen LogP contribution in [0.4, 0.5) is 0 Å². The average molecular weight is 339 g/mol. The van der Waals surface area contributed by atoms with E-state index < -0.39 is 0 Å². The molecule has 4 N–H and O–H groups in total. The Bertz CT molecular complexity index is 751. The van der Waals surface area contributed by atoms with Gasteiger partial charge >= 0.3 is 0 Å². The monoisotopic (exact) mass is 339 g/mol. The summed E-state index contributed by atoms with van der Waals surface area (Å²) in [5.74, 6) is 0.375. The first kappa shape index (κ1) is 19.0. The molecule has 0 bridgehead atoms. The predicted molar refractivity (Wildman–Crippen MR) is 104 cm³/mol. The van der Waals surface area contributed by atoms with Gasteiger partial charge in [-0.1, -0.05) is 58.0 Å². The number of rotatable bonds is 1. The smallest absolute Gasteiger partial charge is 0.162 e. The van der Waals surface area contributed by atoms with Gasteiger partial charge in [0.05, 0.1) is 5.70 Å². The lowest BCUT2D eigenvalue weighted by Crippen LogP contribution is -2.35. The fourth-order valence-electron chi connectivity index (χ4n) is 3.64. The van der Waals surface area contributed by atoms with E-state index in [0.717, 1.165) is 28.8 Å². The fraction of sp³-hybridized carbons (Fsp3) is 0.429. The first-order valence-electron chi connectivity index (χ1n) is 8.92. The number of carbonyl (C=O) groups excluding carboxylic acids is 1. The zero-order valence-electron chi connectivity index (χ0n) is 15.9. The van der Waals surface area contributed by atoms with E-state index in [9.17, 15) is 4.79 Å². The van der Waals surface area contributed by atoms with Gasteiger partial charge < -0.3 is 11.5 Å². The van der Waals surface area contributed by atoms with Crippen LogP contribution in [-0.4, -0.2) is 11.6 Å². The van der Waals surface area contributed by atoms with E-state index in [2.05, 4.69) is 18.8 Å². The quantitative estimate of drug-likeness (QED) is 0.810. The van der Waals surface area contributed by atoms with Crippen LogP contribution in [0.5, 0.6) is 0 Å². The van der Waals surface area contributed by atoms with Crippen LogP contribution in [0.1, 0.15) is 58.9 Å². The van der Waals surface area contributed by atoms with E-state index in [1.54, 1.807) is 0 Å². The standard InChI is InChI=1S/C19H23N3O.C2H6/c1-11(20)15-16(12-7-5-4-6-8-12)17-13(22-18(15)21)9-19(2,3)10-14(17)23;1-2/h4-8,16H,9-10,20H2,1-3H3,(H2,21,22);1-2H3/b15-11-;. The van der Waals surface area contributed by atoms with Gasteiger partial charge in [-0.3, -0.25) is 4.79 Å². The minimum atomic E-state index is -0.211. The van der Waals surface area contributed by atoms with Crippen molar-refractivity contribution in [2.24, 2.45) is 21.9 Å². The summed E-state index contributed by atoms with van der Waals surface area (Å²) in [6.07, 6.45) is 1.29. The summed E-state index contributed by atoms with van der Waals surface area (Å²) in [6, 6.07) is 9.94. The lowest BCUT2D eigenvalue weighted by atomic mass is 9.69. The Kier molecular flexibility index (Phi) is 5.51. The van der Waals surface area contributed by atoms with Gasteiger partial charge in [-0.15, -0.1) is 0 Å². The number of hydrogen-bond acceptors (Lipinski definition) is 4. The molecule has 25 heavy (non-hydrogen) atoms. The molecule has 4 nitrogen and oxygen atoms in total. The van der Waals surface area contributed by atoms with E-state index in [-0.39, 0.29) is 17.1 Å². The highest BCUT2D eigenvalue weighted by Crippen LogP contribution is 2.47. The molecule has 1 aliphatic heterocycles. The van der Waals surface area contributed by atoms with Crippen LogP contribution < -0.4 is 11.5 Å². The summed E-state index contributed by atoms with van der Waals surface area (Å²) in [6.45, 7) is 10.0. The molecule has 1 aromatic carbocycles. The Labute approximate surface area is 150 Å². The third-order valence-electron chi connectivity index (χ3n) is 4.56. The fourth-order valence-corrected chi connectivity index (χ4v) is 3.64. The third-order valence-corrected chi connectivity index (χ3v) is 4.56. The number of amidine groups is 1. The van der Waals surface area contributed by atoms with Gasteiger partial charge in [-0.25, -0.2) is 4.99 Å². The Balaban J connectivity index is 0.00000109. The van der Waals surface area contributed by atoms with E-state index >= 15 is 0 Å². The van der Waals surface area contributed by atoms with Crippen molar-refractivity contribution in [1.82, 2.24) is 0 Å². The van der Waals surface area contributed by atoms with Crippen molar-refractivity contribution in [3.8, 4) is 0 Å². The molecule has 134 valence electrons. The van der Waals surface area contributed by atoms with Crippen molar-refractivity contribution in [2.45, 2.75) is 53.4 Å². The van der Waals surface area contributed by atoms with Crippen LogP contribution >= 0.6 is 0 Å². The van der Waals surface area contributed by atoms with Crippen LogP contribution in [0, 0.1) is 5.41 Å². The number of nitrogens with two attached hydrogens (primary N) is 2. The molecule has 0 radical (unpaired) electrons. The van der Waals surface area contributed by atoms with E-state index in [1.807, 2.05) is 51.1 Å². The van der Waals surface area contributed by atoms with Gasteiger partial charge in [0.25, 0.3) is 0 Å². The molecule has 1 aromatic rings. The maximum Gasteiger partial charge on any atom is 0.162 e. The Morgan fingerprint density at radius 1 is 1.16 bits per heavy atom. The number of aliphatic imine (C=N–C) groups is 1. The molecule has 3 rings (SSSR count). The van der Waals surface area contributed by atoms with Gasteiger partial charge in [0.15, 0.2) is 5.78 Å². The molecule has 2 aliphatic rings. The number of nitrogens with zero attached hydrogens (tertiary/aromatic N) is 1. The zero-order valence-corrected chi connectivity index (χ0v) is 15.9. The van der Waals surface area contributed by atoms with Crippen molar-refractivity contribution in [3.63, 3.8) is 0 Å². The maximum absolute atomic E-state index is 12.9. The molecular weight excluding hydrogens is 310 g/mol. The highest BCUT2D eigenvalue weighted by atomic mass is 16.1. The molecular formula is C21H29N3O. The van der Waals surface area contributed by atoms with E-state index in [4.69, 9.17) is 11.5 Å². The van der Waals surface area contributed by atoms with Gasteiger partial charge in [0.2, 0.25) is 0 Å². The Morgan fingerprint density at radius 3 is 2.32 bits per heavy atom. The summed E-state index contributed by atoms with van der Waals surface area (Å²) >= 11 is 0. The highest BCUT2D eigenvalue weighted by molar-refractivity contribution is 6.08. The van der Waals surface area contributed by atoms with E-state index in [1.165, 1.54) is 0 Å². The number of allylic oxidation sites excluding steroid dienone is 3. The molecule has 1 atom stereocenters. The number of Topliss-reactive ketones (excluding diaryl/α,β-unsaturated/α-hetero) is 1. The van der Waals surface area contributed by atoms with E-state index in [0.29, 0.717) is 18.0 Å². The third kappa shape index (κ3) is 3.68. The molecule has 0 saturated carbocycles. The molecule has 1 heterocycles. The second-order valence-corrected chi connectivity index (χ2v) is 7.24. The van der Waals surface area contributed by atoms with Gasteiger partial charge in [-0.2, -0.15) is 0 Å². The molecule has 1 aliphatic carbocycles. The first-order valence-corrected chi connectivity index (χ1v) is 8.92. The summed E-state index contributed by atoms with van der Waals surface area (Å²) in [7, 11) is 0. The normalized spacial score (nSPS) is 24.0. The molecule has 0 amide bonds. The van der Waals surface area contributed by atoms with Crippen molar-refractivity contribution in [1.29, 1.82) is 0 Å². The van der Waals surface area contributed by atoms with Gasteiger partial charge in [-0.05, 0) is 24.3 Å². The van der Waals surface area contributed by atoms with Gasteiger partial charge in [0, 0.05) is 29.2 Å². The van der Waals surface area contributed by atoms with Gasteiger partial charge in [0.1, 0.15) is 5.84 Å². The highest BCUT2D eigenvalue weighted by Gasteiger charge is 2.41. The van der Waals surface area contributed by atoms with Crippen LogP contribution in [0.2, 0.25) is 0 Å². The number of carbonyl (C=O) groups is 1. The second-order valence-electron chi connectivity index (χ2n) is 7.24. The lowest BCUT2D eigenvalue weighted by Gasteiger charge is -2.37. The predicted octanol–water partition coefficient (Wildman–Crippen LogP) is 4.04. The summed E-state index contributed by atoms with van der Waals surface area (Å²) in [5.41, 5.74) is 16.2. The first-order chi connectivity index (χ1) is 11.8. The molecule has 0 saturated heterocycles.